The van der Waals surface area contributed by atoms with Gasteiger partial charge in [-0.15, -0.1) is 0 Å². The fraction of sp³-hybridized carbons (Fsp3) is 0.125. The number of carbonyl (C=O) groups is 2. The second-order valence-electron chi connectivity index (χ2n) is 4.90. The zero-order valence-corrected chi connectivity index (χ0v) is 13.1. The van der Waals surface area contributed by atoms with Crippen LogP contribution in [0, 0.1) is 6.92 Å². The van der Waals surface area contributed by atoms with E-state index in [9.17, 15) is 9.59 Å². The van der Waals surface area contributed by atoms with E-state index in [0.717, 1.165) is 4.90 Å². The smallest absolute Gasteiger partial charge is 0.265 e. The highest BCUT2D eigenvalue weighted by Crippen LogP contribution is 2.29. The topological polar surface area (TPSA) is 88.9 Å². The maximum Gasteiger partial charge on any atom is 0.265 e. The zero-order valence-electron chi connectivity index (χ0n) is 12.3. The Morgan fingerprint density at radius 3 is 2.65 bits per heavy atom. The summed E-state index contributed by atoms with van der Waals surface area (Å²) >= 11 is 1.46. The third kappa shape index (κ3) is 3.75. The number of hydrogen-bond acceptors (Lipinski definition) is 6. The van der Waals surface area contributed by atoms with Crippen molar-refractivity contribution in [3.8, 4) is 0 Å². The normalized spacial score (nSPS) is 10.7. The Hall–Kier alpha value is -2.67. The first kappa shape index (κ1) is 15.2. The van der Waals surface area contributed by atoms with E-state index in [1.54, 1.807) is 12.1 Å². The van der Waals surface area contributed by atoms with Crippen LogP contribution in [-0.2, 0) is 11.2 Å². The molecule has 1 N–H and O–H groups in total. The maximum atomic E-state index is 11.9. The average molecular weight is 327 g/mol. The monoisotopic (exact) mass is 327 g/mol. The Balaban J connectivity index is 1.64. The molecule has 0 fully saturated rings. The number of carbonyl (C=O) groups excluding carboxylic acids is 2. The molecule has 1 aromatic carbocycles. The minimum atomic E-state index is -0.702. The fourth-order valence-electron chi connectivity index (χ4n) is 1.92. The van der Waals surface area contributed by atoms with E-state index in [1.165, 1.54) is 23.7 Å². The molecule has 0 bridgehead atoms. The van der Waals surface area contributed by atoms with Crippen molar-refractivity contribution in [2.24, 2.45) is 0 Å². The SMILES string of the molecule is Cc1ccc(Sc2ccc(CC(=O)C(=O)c3ncn[nH]3)o2)cc1. The zero-order chi connectivity index (χ0) is 16.2. The molecule has 116 valence electrons. The summed E-state index contributed by atoms with van der Waals surface area (Å²) in [6, 6.07) is 11.5. The van der Waals surface area contributed by atoms with Crippen LogP contribution in [0.15, 0.2) is 57.1 Å². The first-order chi connectivity index (χ1) is 11.1. The van der Waals surface area contributed by atoms with Crippen molar-refractivity contribution in [1.29, 1.82) is 0 Å². The van der Waals surface area contributed by atoms with Gasteiger partial charge in [0.05, 0.1) is 6.42 Å². The second-order valence-corrected chi connectivity index (χ2v) is 5.98. The number of hydrogen-bond donors (Lipinski definition) is 1. The molecular weight excluding hydrogens is 314 g/mol. The van der Waals surface area contributed by atoms with Crippen molar-refractivity contribution >= 4 is 23.3 Å². The molecular formula is C16H13N3O3S. The summed E-state index contributed by atoms with van der Waals surface area (Å²) < 4.78 is 5.60. The van der Waals surface area contributed by atoms with Crippen molar-refractivity contribution in [3.63, 3.8) is 0 Å². The highest BCUT2D eigenvalue weighted by atomic mass is 32.2. The summed E-state index contributed by atoms with van der Waals surface area (Å²) in [5.74, 6) is -0.914. The van der Waals surface area contributed by atoms with Crippen LogP contribution < -0.4 is 0 Å². The van der Waals surface area contributed by atoms with Crippen LogP contribution in [0.2, 0.25) is 0 Å². The van der Waals surface area contributed by atoms with Crippen LogP contribution in [0.25, 0.3) is 0 Å². The molecule has 0 saturated carbocycles. The number of nitrogens with one attached hydrogen (secondary N) is 1. The molecule has 0 atom stereocenters. The largest absolute Gasteiger partial charge is 0.454 e. The quantitative estimate of drug-likeness (QED) is 0.553. The molecule has 7 heteroatoms. The van der Waals surface area contributed by atoms with Gasteiger partial charge in [0.25, 0.3) is 5.78 Å². The second kappa shape index (κ2) is 6.62. The number of aryl methyl sites for hydroxylation is 1. The van der Waals surface area contributed by atoms with Gasteiger partial charge in [0, 0.05) is 4.90 Å². The molecule has 2 heterocycles. The average Bonchev–Trinajstić information content (AvgIpc) is 3.21. The van der Waals surface area contributed by atoms with Crippen LogP contribution >= 0.6 is 11.8 Å². The lowest BCUT2D eigenvalue weighted by Crippen LogP contribution is -2.17. The summed E-state index contributed by atoms with van der Waals surface area (Å²) in [7, 11) is 0. The van der Waals surface area contributed by atoms with Crippen LogP contribution in [0.3, 0.4) is 0 Å². The standard InChI is InChI=1S/C16H13N3O3S/c1-10-2-5-12(6-3-10)23-14-7-4-11(22-14)8-13(20)15(21)16-17-9-18-19-16/h2-7,9H,8H2,1H3,(H,17,18,19). The van der Waals surface area contributed by atoms with E-state index in [0.29, 0.717) is 10.9 Å². The van der Waals surface area contributed by atoms with E-state index in [1.807, 2.05) is 31.2 Å². The van der Waals surface area contributed by atoms with Crippen molar-refractivity contribution in [3.05, 3.63) is 59.9 Å². The first-order valence-electron chi connectivity index (χ1n) is 6.88. The maximum absolute atomic E-state index is 11.9. The van der Waals surface area contributed by atoms with Gasteiger partial charge in [-0.05, 0) is 31.2 Å². The third-order valence-electron chi connectivity index (χ3n) is 3.09. The van der Waals surface area contributed by atoms with Crippen molar-refractivity contribution in [1.82, 2.24) is 15.2 Å². The molecule has 0 aliphatic carbocycles. The number of H-pyrrole nitrogens is 1. The number of aromatic nitrogens is 3. The molecule has 23 heavy (non-hydrogen) atoms. The number of rotatable bonds is 6. The van der Waals surface area contributed by atoms with Gasteiger partial charge in [0.15, 0.2) is 10.9 Å². The lowest BCUT2D eigenvalue weighted by atomic mass is 10.1. The summed E-state index contributed by atoms with van der Waals surface area (Å²) in [5.41, 5.74) is 1.19. The molecule has 0 saturated heterocycles. The number of ketones is 2. The lowest BCUT2D eigenvalue weighted by molar-refractivity contribution is -0.114. The van der Waals surface area contributed by atoms with Crippen molar-refractivity contribution in [2.75, 3.05) is 0 Å². The van der Waals surface area contributed by atoms with Crippen LogP contribution in [0.1, 0.15) is 21.9 Å². The third-order valence-corrected chi connectivity index (χ3v) is 4.02. The molecule has 0 unspecified atom stereocenters. The molecule has 3 rings (SSSR count). The Bertz CT molecular complexity index is 823. The Morgan fingerprint density at radius 2 is 1.96 bits per heavy atom. The van der Waals surface area contributed by atoms with Gasteiger partial charge >= 0.3 is 0 Å². The van der Waals surface area contributed by atoms with Gasteiger partial charge in [-0.25, -0.2) is 4.98 Å². The summed E-state index contributed by atoms with van der Waals surface area (Å²) in [6.07, 6.45) is 1.08. The van der Waals surface area contributed by atoms with Crippen molar-refractivity contribution in [2.45, 2.75) is 23.3 Å². The van der Waals surface area contributed by atoms with E-state index in [2.05, 4.69) is 15.2 Å². The predicted molar refractivity (Wildman–Crippen MR) is 83.4 cm³/mol. The fourth-order valence-corrected chi connectivity index (χ4v) is 2.71. The lowest BCUT2D eigenvalue weighted by Gasteiger charge is -1.99. The highest BCUT2D eigenvalue weighted by Gasteiger charge is 2.20. The molecule has 0 amide bonds. The molecule has 0 aliphatic rings. The predicted octanol–water partition coefficient (Wildman–Crippen LogP) is 2.85. The summed E-state index contributed by atoms with van der Waals surface area (Å²) in [5, 5.41) is 6.60. The van der Waals surface area contributed by atoms with Gasteiger partial charge in [-0.1, -0.05) is 29.5 Å². The van der Waals surface area contributed by atoms with E-state index in [-0.39, 0.29) is 12.2 Å². The number of furan rings is 1. The van der Waals surface area contributed by atoms with Gasteiger partial charge in [0.2, 0.25) is 5.78 Å². The molecule has 0 radical (unpaired) electrons. The Morgan fingerprint density at radius 1 is 1.17 bits per heavy atom. The number of benzene rings is 1. The van der Waals surface area contributed by atoms with Gasteiger partial charge in [0.1, 0.15) is 12.1 Å². The van der Waals surface area contributed by atoms with Crippen LogP contribution in [0.4, 0.5) is 0 Å². The van der Waals surface area contributed by atoms with E-state index < -0.39 is 11.6 Å². The number of Topliss-reactive ketones (excluding diaryl/α,β-unsaturated/α-hetero) is 2. The number of nitrogens with zero attached hydrogens (tertiary/aromatic N) is 2. The summed E-state index contributed by atoms with van der Waals surface area (Å²) in [6.45, 7) is 2.02. The van der Waals surface area contributed by atoms with E-state index in [4.69, 9.17) is 4.42 Å². The molecule has 0 spiro atoms. The molecule has 2 aromatic heterocycles. The molecule has 3 aromatic rings. The van der Waals surface area contributed by atoms with Crippen LogP contribution in [0.5, 0.6) is 0 Å². The van der Waals surface area contributed by atoms with Gasteiger partial charge < -0.3 is 4.42 Å². The minimum absolute atomic E-state index is 0.0594. The van der Waals surface area contributed by atoms with Gasteiger partial charge in [-0.3, -0.25) is 14.7 Å². The molecule has 6 nitrogen and oxygen atoms in total. The minimum Gasteiger partial charge on any atom is -0.454 e. The van der Waals surface area contributed by atoms with Crippen molar-refractivity contribution < 1.29 is 14.0 Å². The summed E-state index contributed by atoms with van der Waals surface area (Å²) in [4.78, 5) is 28.4. The molecule has 0 aliphatic heterocycles. The Kier molecular flexibility index (Phi) is 4.38. The first-order valence-corrected chi connectivity index (χ1v) is 7.69. The highest BCUT2D eigenvalue weighted by molar-refractivity contribution is 7.99. The Labute approximate surface area is 136 Å². The number of aromatic amines is 1. The van der Waals surface area contributed by atoms with Gasteiger partial charge in [-0.2, -0.15) is 5.10 Å². The van der Waals surface area contributed by atoms with E-state index >= 15 is 0 Å². The van der Waals surface area contributed by atoms with Crippen LogP contribution in [-0.4, -0.2) is 26.7 Å².